The Labute approximate surface area is 113 Å². The minimum atomic E-state index is 0.686. The molecule has 0 bridgehead atoms. The van der Waals surface area contributed by atoms with Crippen molar-refractivity contribution in [2.75, 3.05) is 39.4 Å². The van der Waals surface area contributed by atoms with Crippen molar-refractivity contribution in [2.24, 2.45) is 11.8 Å². The third-order valence-electron chi connectivity index (χ3n) is 3.48. The fourth-order valence-electron chi connectivity index (χ4n) is 2.65. The largest absolute Gasteiger partial charge is 0.379 e. The van der Waals surface area contributed by atoms with E-state index in [1.165, 1.54) is 12.8 Å². The lowest BCUT2D eigenvalue weighted by Crippen LogP contribution is -2.42. The van der Waals surface area contributed by atoms with Crippen molar-refractivity contribution in [3.63, 3.8) is 0 Å². The number of rotatable bonds is 8. The van der Waals surface area contributed by atoms with Crippen molar-refractivity contribution < 1.29 is 4.74 Å². The number of nitrogens with one attached hydrogen (secondary N) is 1. The summed E-state index contributed by atoms with van der Waals surface area (Å²) in [5.41, 5.74) is 0. The molecule has 1 rings (SSSR count). The third-order valence-corrected chi connectivity index (χ3v) is 3.48. The van der Waals surface area contributed by atoms with Gasteiger partial charge in [0.2, 0.25) is 0 Å². The molecule has 0 aromatic rings. The summed E-state index contributed by atoms with van der Waals surface area (Å²) in [6, 6.07) is 0.686. The minimum absolute atomic E-state index is 0.686. The van der Waals surface area contributed by atoms with Crippen LogP contribution in [-0.2, 0) is 4.74 Å². The smallest absolute Gasteiger partial charge is 0.0594 e. The Hall–Kier alpha value is -0.120. The molecule has 1 saturated heterocycles. The zero-order chi connectivity index (χ0) is 13.4. The molecule has 18 heavy (non-hydrogen) atoms. The summed E-state index contributed by atoms with van der Waals surface area (Å²) in [4.78, 5) is 2.50. The average molecular weight is 256 g/mol. The second-order valence-corrected chi connectivity index (χ2v) is 6.36. The maximum Gasteiger partial charge on any atom is 0.0594 e. The molecule has 0 aromatic carbocycles. The van der Waals surface area contributed by atoms with E-state index in [-0.39, 0.29) is 0 Å². The minimum Gasteiger partial charge on any atom is -0.379 e. The van der Waals surface area contributed by atoms with E-state index in [0.29, 0.717) is 6.04 Å². The van der Waals surface area contributed by atoms with Crippen LogP contribution in [0.25, 0.3) is 0 Å². The number of ether oxygens (including phenoxy) is 1. The molecule has 0 spiro atoms. The highest BCUT2D eigenvalue weighted by atomic mass is 16.5. The second kappa shape index (κ2) is 8.89. The first kappa shape index (κ1) is 15.9. The van der Waals surface area contributed by atoms with Gasteiger partial charge in [0.25, 0.3) is 0 Å². The van der Waals surface area contributed by atoms with E-state index in [1.807, 2.05) is 0 Å². The number of hydrogen-bond acceptors (Lipinski definition) is 3. The van der Waals surface area contributed by atoms with Gasteiger partial charge in [-0.15, -0.1) is 0 Å². The first-order valence-corrected chi connectivity index (χ1v) is 7.61. The van der Waals surface area contributed by atoms with Gasteiger partial charge >= 0.3 is 0 Å². The van der Waals surface area contributed by atoms with Crippen molar-refractivity contribution in [1.82, 2.24) is 10.2 Å². The average Bonchev–Trinajstić information content (AvgIpc) is 2.28. The van der Waals surface area contributed by atoms with Gasteiger partial charge in [0.15, 0.2) is 0 Å². The van der Waals surface area contributed by atoms with Crippen LogP contribution in [0, 0.1) is 11.8 Å². The lowest BCUT2D eigenvalue weighted by Gasteiger charge is -2.28. The molecule has 1 aliphatic rings. The highest BCUT2D eigenvalue weighted by molar-refractivity contribution is 4.72. The highest BCUT2D eigenvalue weighted by Gasteiger charge is 2.14. The second-order valence-electron chi connectivity index (χ2n) is 6.36. The Morgan fingerprint density at radius 2 is 1.56 bits per heavy atom. The summed E-state index contributed by atoms with van der Waals surface area (Å²) >= 11 is 0. The zero-order valence-electron chi connectivity index (χ0n) is 12.7. The van der Waals surface area contributed by atoms with Crippen molar-refractivity contribution >= 4 is 0 Å². The van der Waals surface area contributed by atoms with Crippen LogP contribution in [0.15, 0.2) is 0 Å². The molecule has 0 radical (unpaired) electrons. The van der Waals surface area contributed by atoms with Crippen LogP contribution < -0.4 is 5.32 Å². The quantitative estimate of drug-likeness (QED) is 0.721. The van der Waals surface area contributed by atoms with Gasteiger partial charge in [0.05, 0.1) is 13.2 Å². The predicted molar refractivity (Wildman–Crippen MR) is 78.0 cm³/mol. The first-order valence-electron chi connectivity index (χ1n) is 7.61. The fraction of sp³-hybridized carbons (Fsp3) is 1.00. The zero-order valence-corrected chi connectivity index (χ0v) is 12.7. The summed E-state index contributed by atoms with van der Waals surface area (Å²) < 4.78 is 5.37. The Bertz CT molecular complexity index is 191. The molecule has 108 valence electrons. The van der Waals surface area contributed by atoms with E-state index >= 15 is 0 Å². The summed E-state index contributed by atoms with van der Waals surface area (Å²) in [7, 11) is 0. The molecule has 0 saturated carbocycles. The molecule has 0 atom stereocenters. The third kappa shape index (κ3) is 7.34. The normalized spacial score (nSPS) is 18.2. The molecule has 0 unspecified atom stereocenters. The molecule has 0 amide bonds. The van der Waals surface area contributed by atoms with Gasteiger partial charge in [-0.1, -0.05) is 27.7 Å². The maximum atomic E-state index is 5.37. The van der Waals surface area contributed by atoms with Crippen LogP contribution in [0.1, 0.15) is 40.5 Å². The molecule has 1 heterocycles. The van der Waals surface area contributed by atoms with Crippen molar-refractivity contribution in [1.29, 1.82) is 0 Å². The van der Waals surface area contributed by atoms with Gasteiger partial charge in [-0.05, 0) is 24.7 Å². The van der Waals surface area contributed by atoms with Crippen LogP contribution >= 0.6 is 0 Å². The number of hydrogen-bond donors (Lipinski definition) is 1. The number of nitrogens with zero attached hydrogens (tertiary/aromatic N) is 1. The van der Waals surface area contributed by atoms with Crippen molar-refractivity contribution in [3.8, 4) is 0 Å². The van der Waals surface area contributed by atoms with Gasteiger partial charge in [-0.2, -0.15) is 0 Å². The van der Waals surface area contributed by atoms with E-state index < -0.39 is 0 Å². The molecular weight excluding hydrogens is 224 g/mol. The van der Waals surface area contributed by atoms with E-state index in [1.54, 1.807) is 0 Å². The first-order chi connectivity index (χ1) is 8.58. The molecule has 0 aliphatic carbocycles. The van der Waals surface area contributed by atoms with Gasteiger partial charge in [-0.25, -0.2) is 0 Å². The highest BCUT2D eigenvalue weighted by Crippen LogP contribution is 2.13. The molecule has 3 nitrogen and oxygen atoms in total. The molecule has 3 heteroatoms. The molecule has 1 aliphatic heterocycles. The van der Waals surface area contributed by atoms with Crippen molar-refractivity contribution in [3.05, 3.63) is 0 Å². The van der Waals surface area contributed by atoms with Crippen LogP contribution in [0.5, 0.6) is 0 Å². The summed E-state index contributed by atoms with van der Waals surface area (Å²) in [6.45, 7) is 15.5. The topological polar surface area (TPSA) is 24.5 Å². The lowest BCUT2D eigenvalue weighted by molar-refractivity contribution is 0.0379. The summed E-state index contributed by atoms with van der Waals surface area (Å²) in [5.74, 6) is 1.56. The maximum absolute atomic E-state index is 5.37. The van der Waals surface area contributed by atoms with Crippen LogP contribution in [0.3, 0.4) is 0 Å². The van der Waals surface area contributed by atoms with Gasteiger partial charge in [-0.3, -0.25) is 4.90 Å². The predicted octanol–water partition coefficient (Wildman–Crippen LogP) is 2.37. The summed E-state index contributed by atoms with van der Waals surface area (Å²) in [6.07, 6.45) is 2.59. The Morgan fingerprint density at radius 3 is 2.06 bits per heavy atom. The van der Waals surface area contributed by atoms with Gasteiger partial charge < -0.3 is 10.1 Å². The lowest BCUT2D eigenvalue weighted by atomic mass is 9.95. The Kier molecular flexibility index (Phi) is 7.87. The monoisotopic (exact) mass is 256 g/mol. The number of morpholine rings is 1. The fourth-order valence-corrected chi connectivity index (χ4v) is 2.65. The van der Waals surface area contributed by atoms with Crippen LogP contribution in [0.4, 0.5) is 0 Å². The van der Waals surface area contributed by atoms with Crippen molar-refractivity contribution in [2.45, 2.75) is 46.6 Å². The van der Waals surface area contributed by atoms with E-state index in [2.05, 4.69) is 37.9 Å². The standard InChI is InChI=1S/C15H32N2O/c1-13(2)11-15(12-14(3)4)16-5-6-17-7-9-18-10-8-17/h13-16H,5-12H2,1-4H3. The van der Waals surface area contributed by atoms with E-state index in [9.17, 15) is 0 Å². The summed E-state index contributed by atoms with van der Waals surface area (Å²) in [5, 5.41) is 3.75. The van der Waals surface area contributed by atoms with E-state index in [0.717, 1.165) is 51.2 Å². The molecule has 0 aromatic heterocycles. The Morgan fingerprint density at radius 1 is 1.00 bits per heavy atom. The molecule has 1 fully saturated rings. The van der Waals surface area contributed by atoms with Gasteiger partial charge in [0, 0.05) is 32.2 Å². The molecular formula is C15H32N2O. The molecule has 1 N–H and O–H groups in total. The SMILES string of the molecule is CC(C)CC(CC(C)C)NCCN1CCOCC1. The van der Waals surface area contributed by atoms with Gasteiger partial charge in [0.1, 0.15) is 0 Å². The Balaban J connectivity index is 2.18. The van der Waals surface area contributed by atoms with Crippen LogP contribution in [-0.4, -0.2) is 50.3 Å². The van der Waals surface area contributed by atoms with Crippen LogP contribution in [0.2, 0.25) is 0 Å². The van der Waals surface area contributed by atoms with E-state index in [4.69, 9.17) is 4.74 Å².